The molecule has 0 radical (unpaired) electrons. The Morgan fingerprint density at radius 1 is 1.25 bits per heavy atom. The summed E-state index contributed by atoms with van der Waals surface area (Å²) in [5.41, 5.74) is 6.08. The van der Waals surface area contributed by atoms with E-state index in [-0.39, 0.29) is 23.5 Å². The number of carbonyl (C=O) groups excluding carboxylic acids is 2. The fourth-order valence-corrected chi connectivity index (χ4v) is 2.57. The van der Waals surface area contributed by atoms with Crippen molar-refractivity contribution in [2.75, 3.05) is 13.2 Å². The van der Waals surface area contributed by atoms with Crippen molar-refractivity contribution in [2.45, 2.75) is 45.8 Å². The molecule has 0 unspecified atom stereocenters. The molecule has 112 valence electrons. The van der Waals surface area contributed by atoms with Crippen LogP contribution in [0.25, 0.3) is 0 Å². The first-order valence-corrected chi connectivity index (χ1v) is 6.84. The summed E-state index contributed by atoms with van der Waals surface area (Å²) in [4.78, 5) is 23.4. The lowest BCUT2D eigenvalue weighted by molar-refractivity contribution is -0.160. The highest BCUT2D eigenvalue weighted by atomic mass is 16.7. The number of hydrazine groups is 1. The minimum atomic E-state index is -0.845. The first-order valence-electron chi connectivity index (χ1n) is 6.84. The van der Waals surface area contributed by atoms with Crippen LogP contribution >= 0.6 is 0 Å². The van der Waals surface area contributed by atoms with Crippen LogP contribution in [0.4, 0.5) is 0 Å². The Bertz CT molecular complexity index is 436. The highest BCUT2D eigenvalue weighted by molar-refractivity contribution is 5.91. The SMILES string of the molecule is CC1(C)CC(=O)C=C(NNC(=O)CC2(C)OCCO2)C1. The molecule has 2 N–H and O–H groups in total. The molecule has 0 spiro atoms. The lowest BCUT2D eigenvalue weighted by atomic mass is 9.79. The van der Waals surface area contributed by atoms with Crippen LogP contribution in [-0.4, -0.2) is 30.7 Å². The van der Waals surface area contributed by atoms with Crippen molar-refractivity contribution < 1.29 is 19.1 Å². The highest BCUT2D eigenvalue weighted by Gasteiger charge is 2.34. The number of hydrogen-bond donors (Lipinski definition) is 2. The van der Waals surface area contributed by atoms with Gasteiger partial charge in [0.05, 0.1) is 19.6 Å². The van der Waals surface area contributed by atoms with E-state index in [2.05, 4.69) is 10.9 Å². The molecule has 1 saturated heterocycles. The van der Waals surface area contributed by atoms with Crippen molar-refractivity contribution in [3.05, 3.63) is 11.8 Å². The Kier molecular flexibility index (Phi) is 4.15. The van der Waals surface area contributed by atoms with Crippen LogP contribution in [0.1, 0.15) is 40.0 Å². The van der Waals surface area contributed by atoms with Gasteiger partial charge in [0.1, 0.15) is 0 Å². The predicted molar refractivity (Wildman–Crippen MR) is 72.3 cm³/mol. The van der Waals surface area contributed by atoms with E-state index >= 15 is 0 Å². The maximum Gasteiger partial charge on any atom is 0.243 e. The van der Waals surface area contributed by atoms with Gasteiger partial charge in [-0.05, 0) is 18.8 Å². The zero-order valence-corrected chi connectivity index (χ0v) is 12.2. The molecule has 0 aromatic rings. The molecule has 1 fully saturated rings. The van der Waals surface area contributed by atoms with Crippen molar-refractivity contribution in [1.82, 2.24) is 10.9 Å². The summed E-state index contributed by atoms with van der Waals surface area (Å²) in [5.74, 6) is -1.000. The van der Waals surface area contributed by atoms with Gasteiger partial charge >= 0.3 is 0 Å². The van der Waals surface area contributed by atoms with Crippen LogP contribution in [0.3, 0.4) is 0 Å². The van der Waals surface area contributed by atoms with Crippen LogP contribution in [0.15, 0.2) is 11.8 Å². The molecule has 2 rings (SSSR count). The molecule has 1 aliphatic carbocycles. The first kappa shape index (κ1) is 15.0. The van der Waals surface area contributed by atoms with Crippen molar-refractivity contribution in [1.29, 1.82) is 0 Å². The molecule has 0 bridgehead atoms. The number of amides is 1. The zero-order chi connectivity index (χ0) is 14.8. The minimum Gasteiger partial charge on any atom is -0.347 e. The topological polar surface area (TPSA) is 76.7 Å². The molecule has 20 heavy (non-hydrogen) atoms. The molecule has 0 saturated carbocycles. The maximum atomic E-state index is 11.8. The third-order valence-electron chi connectivity index (χ3n) is 3.40. The summed E-state index contributed by atoms with van der Waals surface area (Å²) in [6, 6.07) is 0. The second kappa shape index (κ2) is 5.54. The predicted octanol–water partition coefficient (Wildman–Crippen LogP) is 1.03. The van der Waals surface area contributed by atoms with Crippen LogP contribution in [0.2, 0.25) is 0 Å². The van der Waals surface area contributed by atoms with Crippen molar-refractivity contribution in [3.63, 3.8) is 0 Å². The second-order valence-electron chi connectivity index (χ2n) is 6.33. The van der Waals surface area contributed by atoms with Crippen molar-refractivity contribution in [3.8, 4) is 0 Å². The Labute approximate surface area is 118 Å². The molecular formula is C14H22N2O4. The second-order valence-corrected chi connectivity index (χ2v) is 6.33. The molecule has 0 atom stereocenters. The van der Waals surface area contributed by atoms with Crippen LogP contribution in [0.5, 0.6) is 0 Å². The Hall–Kier alpha value is -1.40. The summed E-state index contributed by atoms with van der Waals surface area (Å²) in [6.45, 7) is 6.81. The summed E-state index contributed by atoms with van der Waals surface area (Å²) < 4.78 is 10.7. The minimum absolute atomic E-state index is 0.0763. The van der Waals surface area contributed by atoms with Gasteiger partial charge in [-0.3, -0.25) is 15.0 Å². The third kappa shape index (κ3) is 4.05. The van der Waals surface area contributed by atoms with Gasteiger partial charge < -0.3 is 14.9 Å². The van der Waals surface area contributed by atoms with Crippen LogP contribution in [-0.2, 0) is 19.1 Å². The average Bonchev–Trinajstić information content (AvgIpc) is 2.70. The van der Waals surface area contributed by atoms with Gasteiger partial charge in [0, 0.05) is 18.2 Å². The summed E-state index contributed by atoms with van der Waals surface area (Å²) in [6.07, 6.45) is 2.93. The fourth-order valence-electron chi connectivity index (χ4n) is 2.57. The summed E-state index contributed by atoms with van der Waals surface area (Å²) in [7, 11) is 0. The average molecular weight is 282 g/mol. The van der Waals surface area contributed by atoms with E-state index in [1.807, 2.05) is 13.8 Å². The largest absolute Gasteiger partial charge is 0.347 e. The maximum absolute atomic E-state index is 11.8. The molecule has 1 amide bonds. The number of ether oxygens (including phenoxy) is 2. The zero-order valence-electron chi connectivity index (χ0n) is 12.2. The van der Waals surface area contributed by atoms with E-state index in [4.69, 9.17) is 9.47 Å². The van der Waals surface area contributed by atoms with E-state index in [9.17, 15) is 9.59 Å². The number of rotatable bonds is 4. The van der Waals surface area contributed by atoms with Crippen molar-refractivity contribution in [2.24, 2.45) is 5.41 Å². The molecular weight excluding hydrogens is 260 g/mol. The fraction of sp³-hybridized carbons (Fsp3) is 0.714. The van der Waals surface area contributed by atoms with Gasteiger partial charge in [0.25, 0.3) is 0 Å². The molecule has 0 aromatic heterocycles. The Balaban J connectivity index is 1.83. The van der Waals surface area contributed by atoms with E-state index in [1.54, 1.807) is 13.0 Å². The Morgan fingerprint density at radius 3 is 2.50 bits per heavy atom. The van der Waals surface area contributed by atoms with Crippen LogP contribution in [0, 0.1) is 5.41 Å². The monoisotopic (exact) mass is 282 g/mol. The lowest BCUT2D eigenvalue weighted by Gasteiger charge is -2.29. The number of ketones is 1. The van der Waals surface area contributed by atoms with Gasteiger partial charge in [0.2, 0.25) is 5.91 Å². The van der Waals surface area contributed by atoms with Gasteiger partial charge in [-0.1, -0.05) is 13.8 Å². The third-order valence-corrected chi connectivity index (χ3v) is 3.40. The summed E-state index contributed by atoms with van der Waals surface area (Å²) in [5, 5.41) is 0. The quantitative estimate of drug-likeness (QED) is 0.753. The molecule has 6 heteroatoms. The summed E-state index contributed by atoms with van der Waals surface area (Å²) >= 11 is 0. The molecule has 6 nitrogen and oxygen atoms in total. The van der Waals surface area contributed by atoms with Crippen molar-refractivity contribution >= 4 is 11.7 Å². The van der Waals surface area contributed by atoms with E-state index < -0.39 is 5.79 Å². The smallest absolute Gasteiger partial charge is 0.243 e. The first-order chi connectivity index (χ1) is 9.28. The number of allylic oxidation sites excluding steroid dienone is 2. The normalized spacial score (nSPS) is 24.1. The standard InChI is InChI=1S/C14H22N2O4/c1-13(2)7-10(6-11(17)8-13)15-16-12(18)9-14(3)19-4-5-20-14/h6,15H,4-5,7-9H2,1-3H3,(H,16,18). The number of carbonyl (C=O) groups is 2. The highest BCUT2D eigenvalue weighted by Crippen LogP contribution is 2.32. The van der Waals surface area contributed by atoms with E-state index in [0.29, 0.717) is 19.6 Å². The number of hydrogen-bond acceptors (Lipinski definition) is 5. The molecule has 1 aliphatic heterocycles. The van der Waals surface area contributed by atoms with E-state index in [0.717, 1.165) is 12.1 Å². The van der Waals surface area contributed by atoms with Gasteiger partial charge in [-0.25, -0.2) is 0 Å². The lowest BCUT2D eigenvalue weighted by Crippen LogP contribution is -2.43. The molecule has 2 aliphatic rings. The van der Waals surface area contributed by atoms with Gasteiger partial charge in [-0.2, -0.15) is 0 Å². The van der Waals surface area contributed by atoms with Crippen LogP contribution < -0.4 is 10.9 Å². The van der Waals surface area contributed by atoms with Gasteiger partial charge in [-0.15, -0.1) is 0 Å². The van der Waals surface area contributed by atoms with Gasteiger partial charge in [0.15, 0.2) is 11.6 Å². The number of nitrogens with one attached hydrogen (secondary N) is 2. The molecule has 0 aromatic carbocycles. The van der Waals surface area contributed by atoms with E-state index in [1.165, 1.54) is 0 Å². The molecule has 1 heterocycles. The Morgan fingerprint density at radius 2 is 1.90 bits per heavy atom.